The molecule has 0 aliphatic heterocycles. The Hall–Kier alpha value is -1.36. The average Bonchev–Trinajstić information content (AvgIpc) is 2.15. The van der Waals surface area contributed by atoms with Gasteiger partial charge in [-0.3, -0.25) is 10.1 Å². The first-order valence-electron chi connectivity index (χ1n) is 5.13. The van der Waals surface area contributed by atoms with Crippen LogP contribution in [0.1, 0.15) is 19.8 Å². The molecule has 5 nitrogen and oxygen atoms in total. The third-order valence-electron chi connectivity index (χ3n) is 2.75. The zero-order valence-corrected chi connectivity index (χ0v) is 9.57. The molecule has 0 aromatic carbocycles. The highest BCUT2D eigenvalue weighted by atomic mass is 35.5. The number of hydrogen-bond donors (Lipinski definition) is 1. The van der Waals surface area contributed by atoms with Crippen LogP contribution in [0.4, 0.5) is 11.5 Å². The Balaban J connectivity index is 2.17. The number of pyridine rings is 1. The van der Waals surface area contributed by atoms with Crippen LogP contribution in [0, 0.1) is 16.0 Å². The molecule has 1 aromatic rings. The van der Waals surface area contributed by atoms with Gasteiger partial charge in [0.2, 0.25) is 5.82 Å². The fourth-order valence-electron chi connectivity index (χ4n) is 1.90. The molecule has 1 aromatic heterocycles. The quantitative estimate of drug-likeness (QED) is 0.502. The molecule has 1 fully saturated rings. The van der Waals surface area contributed by atoms with Crippen molar-refractivity contribution >= 4 is 23.1 Å². The lowest BCUT2D eigenvalue weighted by molar-refractivity contribution is -0.384. The van der Waals surface area contributed by atoms with Crippen molar-refractivity contribution < 1.29 is 4.92 Å². The molecule has 86 valence electrons. The van der Waals surface area contributed by atoms with E-state index in [1.165, 1.54) is 12.1 Å². The molecule has 0 atom stereocenters. The zero-order chi connectivity index (χ0) is 11.7. The minimum Gasteiger partial charge on any atom is -0.362 e. The molecule has 6 heteroatoms. The summed E-state index contributed by atoms with van der Waals surface area (Å²) in [6.07, 6.45) is 2.04. The number of nitrogens with zero attached hydrogens (tertiary/aromatic N) is 2. The van der Waals surface area contributed by atoms with E-state index in [0.29, 0.717) is 5.92 Å². The van der Waals surface area contributed by atoms with Crippen molar-refractivity contribution in [2.45, 2.75) is 25.8 Å². The van der Waals surface area contributed by atoms with E-state index < -0.39 is 4.92 Å². The van der Waals surface area contributed by atoms with E-state index in [9.17, 15) is 10.1 Å². The summed E-state index contributed by atoms with van der Waals surface area (Å²) in [5.41, 5.74) is -0.0241. The molecule has 1 saturated carbocycles. The second-order valence-electron chi connectivity index (χ2n) is 4.18. The van der Waals surface area contributed by atoms with Crippen LogP contribution in [0.3, 0.4) is 0 Å². The summed E-state index contributed by atoms with van der Waals surface area (Å²) in [6.45, 7) is 2.15. The van der Waals surface area contributed by atoms with Gasteiger partial charge in [-0.2, -0.15) is 0 Å². The van der Waals surface area contributed by atoms with Gasteiger partial charge in [0.25, 0.3) is 0 Å². The third-order valence-corrected chi connectivity index (χ3v) is 2.96. The first kappa shape index (κ1) is 11.1. The molecular formula is C10H12ClN3O2. The van der Waals surface area contributed by atoms with Crippen LogP contribution >= 0.6 is 11.6 Å². The fourth-order valence-corrected chi connectivity index (χ4v) is 2.04. The largest absolute Gasteiger partial charge is 0.362 e. The van der Waals surface area contributed by atoms with Crippen molar-refractivity contribution in [3.05, 3.63) is 27.4 Å². The smallest absolute Gasteiger partial charge is 0.311 e. The fraction of sp³-hybridized carbons (Fsp3) is 0.500. The molecule has 1 N–H and O–H groups in total. The van der Waals surface area contributed by atoms with E-state index in [2.05, 4.69) is 17.2 Å². The highest BCUT2D eigenvalue weighted by molar-refractivity contribution is 6.29. The van der Waals surface area contributed by atoms with Crippen LogP contribution < -0.4 is 5.32 Å². The molecule has 1 heterocycles. The Bertz CT molecular complexity index is 419. The highest BCUT2D eigenvalue weighted by Gasteiger charge is 2.28. The van der Waals surface area contributed by atoms with Gasteiger partial charge < -0.3 is 5.32 Å². The van der Waals surface area contributed by atoms with Crippen molar-refractivity contribution in [2.24, 2.45) is 5.92 Å². The summed E-state index contributed by atoms with van der Waals surface area (Å²) in [5, 5.41) is 14.1. The number of rotatable bonds is 3. The Morgan fingerprint density at radius 3 is 2.81 bits per heavy atom. The molecular weight excluding hydrogens is 230 g/mol. The normalized spacial score (nSPS) is 23.6. The topological polar surface area (TPSA) is 68.1 Å². The van der Waals surface area contributed by atoms with Crippen molar-refractivity contribution in [1.29, 1.82) is 0 Å². The molecule has 16 heavy (non-hydrogen) atoms. The second-order valence-corrected chi connectivity index (χ2v) is 4.56. The molecule has 0 unspecified atom stereocenters. The lowest BCUT2D eigenvalue weighted by Gasteiger charge is -2.33. The standard InChI is InChI=1S/C10H12ClN3O2/c1-6-4-7(5-6)12-10-8(14(15)16)2-3-9(11)13-10/h2-3,6-7H,4-5H2,1H3,(H,12,13). The Kier molecular flexibility index (Phi) is 2.96. The first-order chi connectivity index (χ1) is 7.56. The van der Waals surface area contributed by atoms with Crippen LogP contribution in [0.5, 0.6) is 0 Å². The van der Waals surface area contributed by atoms with Gasteiger partial charge in [0.05, 0.1) is 4.92 Å². The molecule has 1 aliphatic rings. The minimum atomic E-state index is -0.451. The van der Waals surface area contributed by atoms with E-state index in [1.807, 2.05) is 0 Å². The zero-order valence-electron chi connectivity index (χ0n) is 8.81. The maximum atomic E-state index is 10.8. The molecule has 1 aliphatic carbocycles. The van der Waals surface area contributed by atoms with E-state index in [1.54, 1.807) is 0 Å². The SMILES string of the molecule is CC1CC(Nc2nc(Cl)ccc2[N+](=O)[O-])C1. The van der Waals surface area contributed by atoms with Crippen LogP contribution in [0.25, 0.3) is 0 Å². The molecule has 0 saturated heterocycles. The number of halogens is 1. The van der Waals surface area contributed by atoms with E-state index in [-0.39, 0.29) is 22.7 Å². The number of nitro groups is 1. The highest BCUT2D eigenvalue weighted by Crippen LogP contribution is 2.32. The summed E-state index contributed by atoms with van der Waals surface area (Å²) in [7, 11) is 0. The molecule has 0 spiro atoms. The van der Waals surface area contributed by atoms with Gasteiger partial charge in [0.1, 0.15) is 5.15 Å². The van der Waals surface area contributed by atoms with Gasteiger partial charge in [-0.05, 0) is 24.8 Å². The van der Waals surface area contributed by atoms with Crippen LogP contribution in [-0.2, 0) is 0 Å². The van der Waals surface area contributed by atoms with Crippen molar-refractivity contribution in [3.63, 3.8) is 0 Å². The van der Waals surface area contributed by atoms with Crippen molar-refractivity contribution in [3.8, 4) is 0 Å². The van der Waals surface area contributed by atoms with Crippen LogP contribution in [0.15, 0.2) is 12.1 Å². The van der Waals surface area contributed by atoms with Crippen molar-refractivity contribution in [2.75, 3.05) is 5.32 Å². The summed E-state index contributed by atoms with van der Waals surface area (Å²) in [5.74, 6) is 0.949. The van der Waals surface area contributed by atoms with Gasteiger partial charge in [-0.15, -0.1) is 0 Å². The first-order valence-corrected chi connectivity index (χ1v) is 5.51. The van der Waals surface area contributed by atoms with Crippen LogP contribution in [-0.4, -0.2) is 15.9 Å². The Labute approximate surface area is 98.0 Å². The minimum absolute atomic E-state index is 0.0241. The van der Waals surface area contributed by atoms with Crippen LogP contribution in [0.2, 0.25) is 5.15 Å². The van der Waals surface area contributed by atoms with Gasteiger partial charge >= 0.3 is 5.69 Å². The summed E-state index contributed by atoms with van der Waals surface area (Å²) >= 11 is 5.72. The maximum Gasteiger partial charge on any atom is 0.311 e. The van der Waals surface area contributed by atoms with Gasteiger partial charge in [0, 0.05) is 12.1 Å². The van der Waals surface area contributed by atoms with E-state index in [0.717, 1.165) is 12.8 Å². The van der Waals surface area contributed by atoms with E-state index in [4.69, 9.17) is 11.6 Å². The number of aromatic nitrogens is 1. The second kappa shape index (κ2) is 4.25. The summed E-state index contributed by atoms with van der Waals surface area (Å²) < 4.78 is 0. The summed E-state index contributed by atoms with van der Waals surface area (Å²) in [4.78, 5) is 14.3. The Morgan fingerprint density at radius 1 is 1.56 bits per heavy atom. The lowest BCUT2D eigenvalue weighted by atomic mass is 9.82. The monoisotopic (exact) mass is 241 g/mol. The van der Waals surface area contributed by atoms with Gasteiger partial charge in [0.15, 0.2) is 0 Å². The van der Waals surface area contributed by atoms with E-state index >= 15 is 0 Å². The lowest BCUT2D eigenvalue weighted by Crippen LogP contribution is -2.34. The number of anilines is 1. The third kappa shape index (κ3) is 2.24. The molecule has 0 amide bonds. The maximum absolute atomic E-state index is 10.8. The van der Waals surface area contributed by atoms with Gasteiger partial charge in [-0.25, -0.2) is 4.98 Å². The van der Waals surface area contributed by atoms with Crippen molar-refractivity contribution in [1.82, 2.24) is 4.98 Å². The van der Waals surface area contributed by atoms with Gasteiger partial charge in [-0.1, -0.05) is 18.5 Å². The molecule has 0 bridgehead atoms. The predicted molar refractivity (Wildman–Crippen MR) is 61.7 cm³/mol. The Morgan fingerprint density at radius 2 is 2.25 bits per heavy atom. The molecule has 2 rings (SSSR count). The number of nitrogens with one attached hydrogen (secondary N) is 1. The molecule has 0 radical (unpaired) electrons. The number of hydrogen-bond acceptors (Lipinski definition) is 4. The summed E-state index contributed by atoms with van der Waals surface area (Å²) in [6, 6.07) is 3.08. The predicted octanol–water partition coefficient (Wildman–Crippen LogP) is 2.85. The average molecular weight is 242 g/mol.